The maximum Gasteiger partial charge on any atom is 0.303 e. The van der Waals surface area contributed by atoms with E-state index in [0.717, 1.165) is 32.5 Å². The molecule has 0 radical (unpaired) electrons. The number of rotatable bonds is 5. The average Bonchev–Trinajstić information content (AvgIpc) is 2.75. The van der Waals surface area contributed by atoms with E-state index >= 15 is 0 Å². The van der Waals surface area contributed by atoms with Crippen LogP contribution in [0.5, 0.6) is 0 Å². The molecule has 1 aromatic rings. The molecule has 1 fully saturated rings. The molecule has 5 heteroatoms. The highest BCUT2D eigenvalue weighted by Gasteiger charge is 2.17. The van der Waals surface area contributed by atoms with Crippen LogP contribution in [0.1, 0.15) is 30.9 Å². The van der Waals surface area contributed by atoms with E-state index < -0.39 is 5.97 Å². The Morgan fingerprint density at radius 2 is 2.47 bits per heavy atom. The Bertz CT molecular complexity index is 368. The summed E-state index contributed by atoms with van der Waals surface area (Å²) in [6.07, 6.45) is 5.14. The molecule has 0 aliphatic carbocycles. The Morgan fingerprint density at radius 1 is 1.59 bits per heavy atom. The van der Waals surface area contributed by atoms with Crippen molar-refractivity contribution in [2.24, 2.45) is 5.92 Å². The molecule has 1 unspecified atom stereocenters. The summed E-state index contributed by atoms with van der Waals surface area (Å²) in [6.45, 7) is 1.62. The summed E-state index contributed by atoms with van der Waals surface area (Å²) in [7, 11) is 0. The maximum atomic E-state index is 10.4. The summed E-state index contributed by atoms with van der Waals surface area (Å²) >= 11 is 0. The van der Waals surface area contributed by atoms with Gasteiger partial charge in [-0.2, -0.15) is 0 Å². The van der Waals surface area contributed by atoms with E-state index in [2.05, 4.69) is 4.98 Å². The van der Waals surface area contributed by atoms with Gasteiger partial charge in [0.2, 0.25) is 0 Å². The third-order valence-corrected chi connectivity index (χ3v) is 2.90. The number of carboxylic acid groups (broad SMARTS) is 1. The van der Waals surface area contributed by atoms with Gasteiger partial charge in [0.05, 0.1) is 12.6 Å². The van der Waals surface area contributed by atoms with Crippen LogP contribution < -0.4 is 0 Å². The summed E-state index contributed by atoms with van der Waals surface area (Å²) in [5.41, 5.74) is 0. The number of carboxylic acids is 1. The SMILES string of the molecule is O=C(O)CCc1cnc(CC2CCCOC2)o1. The lowest BCUT2D eigenvalue weighted by molar-refractivity contribution is -0.137. The van der Waals surface area contributed by atoms with Crippen LogP contribution in [0.2, 0.25) is 0 Å². The van der Waals surface area contributed by atoms with Crippen molar-refractivity contribution >= 4 is 5.97 Å². The molecule has 1 aliphatic rings. The fraction of sp³-hybridized carbons (Fsp3) is 0.667. The molecule has 2 rings (SSSR count). The summed E-state index contributed by atoms with van der Waals surface area (Å²) in [4.78, 5) is 14.6. The minimum Gasteiger partial charge on any atom is -0.481 e. The van der Waals surface area contributed by atoms with E-state index in [-0.39, 0.29) is 6.42 Å². The first kappa shape index (κ1) is 12.1. The number of hydrogen-bond acceptors (Lipinski definition) is 4. The molecule has 0 bridgehead atoms. The van der Waals surface area contributed by atoms with Gasteiger partial charge in [-0.15, -0.1) is 0 Å². The first-order valence-corrected chi connectivity index (χ1v) is 5.97. The zero-order chi connectivity index (χ0) is 12.1. The molecular formula is C12H17NO4. The number of aromatic nitrogens is 1. The largest absolute Gasteiger partial charge is 0.481 e. The molecular weight excluding hydrogens is 222 g/mol. The van der Waals surface area contributed by atoms with E-state index in [1.165, 1.54) is 0 Å². The number of hydrogen-bond donors (Lipinski definition) is 1. The molecule has 94 valence electrons. The highest BCUT2D eigenvalue weighted by molar-refractivity contribution is 5.66. The Morgan fingerprint density at radius 3 is 3.18 bits per heavy atom. The minimum atomic E-state index is -0.816. The zero-order valence-electron chi connectivity index (χ0n) is 9.72. The van der Waals surface area contributed by atoms with Gasteiger partial charge < -0.3 is 14.3 Å². The summed E-state index contributed by atoms with van der Waals surface area (Å²) in [5.74, 6) is 1.01. The van der Waals surface area contributed by atoms with E-state index in [1.807, 2.05) is 0 Å². The van der Waals surface area contributed by atoms with Crippen molar-refractivity contribution in [1.82, 2.24) is 4.98 Å². The first-order chi connectivity index (χ1) is 8.24. The van der Waals surface area contributed by atoms with Gasteiger partial charge in [-0.25, -0.2) is 4.98 Å². The Labute approximate surface area is 99.8 Å². The normalized spacial score (nSPS) is 20.4. The van der Waals surface area contributed by atoms with Gasteiger partial charge in [0.15, 0.2) is 5.89 Å². The lowest BCUT2D eigenvalue weighted by atomic mass is 9.99. The van der Waals surface area contributed by atoms with Crippen molar-refractivity contribution in [1.29, 1.82) is 0 Å². The minimum absolute atomic E-state index is 0.0845. The monoisotopic (exact) mass is 239 g/mol. The van der Waals surface area contributed by atoms with Gasteiger partial charge in [-0.05, 0) is 18.8 Å². The third-order valence-electron chi connectivity index (χ3n) is 2.90. The quantitative estimate of drug-likeness (QED) is 0.846. The van der Waals surface area contributed by atoms with Crippen molar-refractivity contribution in [3.05, 3.63) is 17.8 Å². The van der Waals surface area contributed by atoms with Crippen molar-refractivity contribution in [2.75, 3.05) is 13.2 Å². The van der Waals surface area contributed by atoms with Gasteiger partial charge in [-0.1, -0.05) is 0 Å². The van der Waals surface area contributed by atoms with E-state index in [1.54, 1.807) is 6.20 Å². The fourth-order valence-corrected chi connectivity index (χ4v) is 2.00. The average molecular weight is 239 g/mol. The standard InChI is InChI=1S/C12H17NO4/c14-12(15)4-3-10-7-13-11(17-10)6-9-2-1-5-16-8-9/h7,9H,1-6,8H2,(H,14,15). The molecule has 17 heavy (non-hydrogen) atoms. The number of aryl methyl sites for hydroxylation is 1. The Hall–Kier alpha value is -1.36. The molecule has 0 saturated carbocycles. The van der Waals surface area contributed by atoms with Gasteiger partial charge in [0.25, 0.3) is 0 Å². The van der Waals surface area contributed by atoms with Gasteiger partial charge in [0.1, 0.15) is 5.76 Å². The smallest absolute Gasteiger partial charge is 0.303 e. The van der Waals surface area contributed by atoms with Crippen LogP contribution in [-0.2, 0) is 22.4 Å². The first-order valence-electron chi connectivity index (χ1n) is 5.97. The second kappa shape index (κ2) is 5.82. The van der Waals surface area contributed by atoms with Crippen LogP contribution in [0.15, 0.2) is 10.6 Å². The lowest BCUT2D eigenvalue weighted by Gasteiger charge is -2.20. The number of ether oxygens (including phenoxy) is 1. The lowest BCUT2D eigenvalue weighted by Crippen LogP contribution is -2.19. The number of nitrogens with zero attached hydrogens (tertiary/aromatic N) is 1. The highest BCUT2D eigenvalue weighted by atomic mass is 16.5. The number of oxazole rings is 1. The van der Waals surface area contributed by atoms with Gasteiger partial charge >= 0.3 is 5.97 Å². The van der Waals surface area contributed by atoms with Crippen LogP contribution in [0.25, 0.3) is 0 Å². The summed E-state index contributed by atoms with van der Waals surface area (Å²) < 4.78 is 10.9. The molecule has 0 aromatic carbocycles. The van der Waals surface area contributed by atoms with E-state index in [0.29, 0.717) is 24.0 Å². The molecule has 1 N–H and O–H groups in total. The number of carbonyl (C=O) groups is 1. The number of aliphatic carboxylic acids is 1. The molecule has 2 heterocycles. The molecule has 1 saturated heterocycles. The Balaban J connectivity index is 1.82. The van der Waals surface area contributed by atoms with Crippen LogP contribution in [0.3, 0.4) is 0 Å². The predicted octanol–water partition coefficient (Wildman–Crippen LogP) is 1.66. The Kier molecular flexibility index (Phi) is 4.14. The van der Waals surface area contributed by atoms with Crippen LogP contribution >= 0.6 is 0 Å². The maximum absolute atomic E-state index is 10.4. The van der Waals surface area contributed by atoms with Crippen molar-refractivity contribution < 1.29 is 19.1 Å². The molecule has 1 atom stereocenters. The zero-order valence-corrected chi connectivity index (χ0v) is 9.72. The van der Waals surface area contributed by atoms with Crippen molar-refractivity contribution in [3.63, 3.8) is 0 Å². The van der Waals surface area contributed by atoms with E-state index in [4.69, 9.17) is 14.3 Å². The van der Waals surface area contributed by atoms with Gasteiger partial charge in [0, 0.05) is 26.1 Å². The predicted molar refractivity (Wildman–Crippen MR) is 59.7 cm³/mol. The van der Waals surface area contributed by atoms with Crippen molar-refractivity contribution in [3.8, 4) is 0 Å². The second-order valence-electron chi connectivity index (χ2n) is 4.40. The highest BCUT2D eigenvalue weighted by Crippen LogP contribution is 2.19. The fourth-order valence-electron chi connectivity index (χ4n) is 2.00. The molecule has 0 amide bonds. The third kappa shape index (κ3) is 3.85. The second-order valence-corrected chi connectivity index (χ2v) is 4.40. The molecule has 0 spiro atoms. The van der Waals surface area contributed by atoms with Crippen LogP contribution in [0, 0.1) is 5.92 Å². The van der Waals surface area contributed by atoms with Gasteiger partial charge in [-0.3, -0.25) is 4.79 Å². The topological polar surface area (TPSA) is 72.6 Å². The van der Waals surface area contributed by atoms with Crippen molar-refractivity contribution in [2.45, 2.75) is 32.1 Å². The van der Waals surface area contributed by atoms with E-state index in [9.17, 15) is 4.79 Å². The summed E-state index contributed by atoms with van der Waals surface area (Å²) in [5, 5.41) is 8.56. The summed E-state index contributed by atoms with van der Waals surface area (Å²) in [6, 6.07) is 0. The molecule has 1 aromatic heterocycles. The molecule has 5 nitrogen and oxygen atoms in total. The van der Waals surface area contributed by atoms with Crippen LogP contribution in [0.4, 0.5) is 0 Å². The molecule has 1 aliphatic heterocycles. The van der Waals surface area contributed by atoms with Crippen LogP contribution in [-0.4, -0.2) is 29.3 Å².